The van der Waals surface area contributed by atoms with Gasteiger partial charge in [0.1, 0.15) is 11.6 Å². The molecule has 0 aliphatic rings. The van der Waals surface area contributed by atoms with Crippen molar-refractivity contribution in [1.82, 2.24) is 0 Å². The molecule has 0 fully saturated rings. The van der Waals surface area contributed by atoms with Gasteiger partial charge < -0.3 is 4.74 Å². The van der Waals surface area contributed by atoms with E-state index in [9.17, 15) is 4.39 Å². The molecule has 0 aliphatic carbocycles. The van der Waals surface area contributed by atoms with Crippen molar-refractivity contribution in [1.29, 1.82) is 0 Å². The second kappa shape index (κ2) is 8.02. The number of hydrogen-bond acceptors (Lipinski definition) is 1. The molecule has 0 radical (unpaired) electrons. The van der Waals surface area contributed by atoms with Crippen molar-refractivity contribution in [3.63, 3.8) is 0 Å². The lowest BCUT2D eigenvalue weighted by atomic mass is 10.0. The minimum absolute atomic E-state index is 0.0660. The summed E-state index contributed by atoms with van der Waals surface area (Å²) >= 11 is 0. The van der Waals surface area contributed by atoms with Gasteiger partial charge in [0.2, 0.25) is 0 Å². The molecule has 0 N–H and O–H groups in total. The van der Waals surface area contributed by atoms with Crippen molar-refractivity contribution >= 4 is 10.8 Å². The quantitative estimate of drug-likeness (QED) is 0.550. The molecule has 0 unspecified atom stereocenters. The Morgan fingerprint density at radius 3 is 2.52 bits per heavy atom. The van der Waals surface area contributed by atoms with Gasteiger partial charge in [-0.3, -0.25) is 0 Å². The second-order valence-electron chi connectivity index (χ2n) is 5.58. The number of benzene rings is 2. The molecule has 0 atom stereocenters. The topological polar surface area (TPSA) is 9.23 Å². The molecule has 114 valence electrons. The van der Waals surface area contributed by atoms with E-state index >= 15 is 0 Å². The van der Waals surface area contributed by atoms with Crippen LogP contribution < -0.4 is 4.74 Å². The third-order valence-corrected chi connectivity index (χ3v) is 3.82. The minimum Gasteiger partial charge on any atom is -0.494 e. The summed E-state index contributed by atoms with van der Waals surface area (Å²) in [6, 6.07) is 9.57. The molecular weight excluding hydrogens is 263 g/mol. The summed E-state index contributed by atoms with van der Waals surface area (Å²) in [7, 11) is 0. The van der Waals surface area contributed by atoms with E-state index in [0.29, 0.717) is 5.39 Å². The fourth-order valence-corrected chi connectivity index (χ4v) is 2.50. The molecule has 2 rings (SSSR count). The molecule has 0 spiro atoms. The van der Waals surface area contributed by atoms with E-state index in [2.05, 4.69) is 13.8 Å². The van der Waals surface area contributed by atoms with E-state index < -0.39 is 0 Å². The lowest BCUT2D eigenvalue weighted by molar-refractivity contribution is 0.310. The first-order valence-corrected chi connectivity index (χ1v) is 8.10. The number of rotatable bonds is 8. The van der Waals surface area contributed by atoms with Crippen molar-refractivity contribution in [2.75, 3.05) is 6.61 Å². The Morgan fingerprint density at radius 2 is 1.76 bits per heavy atom. The SMILES string of the molecule is CCCCCc1ccc2cc(OCCCC)ccc2c1F. The molecular formula is C19H25FO. The lowest BCUT2D eigenvalue weighted by Gasteiger charge is -2.09. The van der Waals surface area contributed by atoms with Crippen molar-refractivity contribution in [3.8, 4) is 5.75 Å². The van der Waals surface area contributed by atoms with Crippen LogP contribution in [0.25, 0.3) is 10.8 Å². The number of unbranched alkanes of at least 4 members (excludes halogenated alkanes) is 3. The largest absolute Gasteiger partial charge is 0.494 e. The summed E-state index contributed by atoms with van der Waals surface area (Å²) in [5.41, 5.74) is 0.829. The summed E-state index contributed by atoms with van der Waals surface area (Å²) in [4.78, 5) is 0. The van der Waals surface area contributed by atoms with Gasteiger partial charge in [-0.05, 0) is 48.4 Å². The highest BCUT2D eigenvalue weighted by Crippen LogP contribution is 2.26. The maximum absolute atomic E-state index is 14.5. The van der Waals surface area contributed by atoms with Gasteiger partial charge in [-0.15, -0.1) is 0 Å². The van der Waals surface area contributed by atoms with Gasteiger partial charge in [0.15, 0.2) is 0 Å². The van der Waals surface area contributed by atoms with Crippen LogP contribution in [0, 0.1) is 5.82 Å². The monoisotopic (exact) mass is 288 g/mol. The smallest absolute Gasteiger partial charge is 0.134 e. The summed E-state index contributed by atoms with van der Waals surface area (Å²) in [5.74, 6) is 0.762. The van der Waals surface area contributed by atoms with Crippen LogP contribution in [0.2, 0.25) is 0 Å². The van der Waals surface area contributed by atoms with E-state index in [4.69, 9.17) is 4.74 Å². The Balaban J connectivity index is 2.15. The molecule has 2 aromatic carbocycles. The molecule has 21 heavy (non-hydrogen) atoms. The van der Waals surface area contributed by atoms with E-state index in [1.165, 1.54) is 0 Å². The first-order chi connectivity index (χ1) is 10.3. The Morgan fingerprint density at radius 1 is 0.952 bits per heavy atom. The highest BCUT2D eigenvalue weighted by atomic mass is 19.1. The maximum atomic E-state index is 14.5. The Hall–Kier alpha value is -1.57. The molecule has 0 aromatic heterocycles. The summed E-state index contributed by atoms with van der Waals surface area (Å²) < 4.78 is 20.2. The number of fused-ring (bicyclic) bond motifs is 1. The van der Waals surface area contributed by atoms with Gasteiger partial charge in [-0.25, -0.2) is 4.39 Å². The third kappa shape index (κ3) is 4.20. The van der Waals surface area contributed by atoms with Gasteiger partial charge in [-0.1, -0.05) is 45.2 Å². The van der Waals surface area contributed by atoms with Crippen LogP contribution >= 0.6 is 0 Å². The van der Waals surface area contributed by atoms with E-state index in [-0.39, 0.29) is 5.82 Å². The van der Waals surface area contributed by atoms with Gasteiger partial charge in [0, 0.05) is 5.39 Å². The summed E-state index contributed by atoms with van der Waals surface area (Å²) in [6.45, 7) is 5.02. The van der Waals surface area contributed by atoms with Crippen molar-refractivity contribution in [3.05, 3.63) is 41.7 Å². The maximum Gasteiger partial charge on any atom is 0.134 e. The van der Waals surface area contributed by atoms with Crippen molar-refractivity contribution in [2.45, 2.75) is 52.4 Å². The molecule has 0 saturated heterocycles. The standard InChI is InChI=1S/C19H25FO/c1-3-5-7-8-15-9-10-16-14-17(21-13-6-4-2)11-12-18(16)19(15)20/h9-12,14H,3-8,13H2,1-2H3. The van der Waals surface area contributed by atoms with Crippen molar-refractivity contribution < 1.29 is 9.13 Å². The summed E-state index contributed by atoms with van der Waals surface area (Å²) in [6.07, 6.45) is 6.35. The average Bonchev–Trinajstić information content (AvgIpc) is 2.50. The highest BCUT2D eigenvalue weighted by molar-refractivity contribution is 5.85. The van der Waals surface area contributed by atoms with Gasteiger partial charge in [0.05, 0.1) is 6.61 Å². The van der Waals surface area contributed by atoms with E-state index in [0.717, 1.165) is 61.8 Å². The zero-order chi connectivity index (χ0) is 15.1. The zero-order valence-electron chi connectivity index (χ0n) is 13.1. The van der Waals surface area contributed by atoms with Crippen LogP contribution in [0.5, 0.6) is 5.75 Å². The zero-order valence-corrected chi connectivity index (χ0v) is 13.1. The number of halogens is 1. The molecule has 0 amide bonds. The molecule has 1 nitrogen and oxygen atoms in total. The number of hydrogen-bond donors (Lipinski definition) is 0. The molecule has 2 heteroatoms. The van der Waals surface area contributed by atoms with Gasteiger partial charge in [-0.2, -0.15) is 0 Å². The second-order valence-corrected chi connectivity index (χ2v) is 5.58. The summed E-state index contributed by atoms with van der Waals surface area (Å²) in [5, 5.41) is 1.62. The lowest BCUT2D eigenvalue weighted by Crippen LogP contribution is -1.97. The van der Waals surface area contributed by atoms with E-state index in [1.54, 1.807) is 0 Å². The predicted octanol–water partition coefficient (Wildman–Crippen LogP) is 5.89. The Bertz CT molecular complexity index is 577. The van der Waals surface area contributed by atoms with Crippen LogP contribution in [0.1, 0.15) is 51.5 Å². The van der Waals surface area contributed by atoms with E-state index in [1.807, 2.05) is 30.3 Å². The fourth-order valence-electron chi connectivity index (χ4n) is 2.50. The number of aryl methyl sites for hydroxylation is 1. The Kier molecular flexibility index (Phi) is 6.04. The average molecular weight is 288 g/mol. The highest BCUT2D eigenvalue weighted by Gasteiger charge is 2.08. The van der Waals surface area contributed by atoms with Crippen LogP contribution in [0.15, 0.2) is 30.3 Å². The van der Waals surface area contributed by atoms with Gasteiger partial charge in [0.25, 0.3) is 0 Å². The predicted molar refractivity (Wildman–Crippen MR) is 87.5 cm³/mol. The van der Waals surface area contributed by atoms with Crippen LogP contribution in [0.3, 0.4) is 0 Å². The molecule has 0 heterocycles. The first-order valence-electron chi connectivity index (χ1n) is 8.10. The molecule has 0 saturated carbocycles. The minimum atomic E-state index is -0.0660. The first kappa shape index (κ1) is 15.8. The number of ether oxygens (including phenoxy) is 1. The molecule has 2 aromatic rings. The van der Waals surface area contributed by atoms with Crippen LogP contribution in [-0.2, 0) is 6.42 Å². The molecule has 0 bridgehead atoms. The Labute approximate surface area is 127 Å². The van der Waals surface area contributed by atoms with Crippen molar-refractivity contribution in [2.24, 2.45) is 0 Å². The molecule has 0 aliphatic heterocycles. The normalized spacial score (nSPS) is 11.0. The third-order valence-electron chi connectivity index (χ3n) is 3.82. The fraction of sp³-hybridized carbons (Fsp3) is 0.474. The van der Waals surface area contributed by atoms with Crippen LogP contribution in [-0.4, -0.2) is 6.61 Å². The van der Waals surface area contributed by atoms with Gasteiger partial charge >= 0.3 is 0 Å². The van der Waals surface area contributed by atoms with Crippen LogP contribution in [0.4, 0.5) is 4.39 Å².